The highest BCUT2D eigenvalue weighted by Gasteiger charge is 2.24. The van der Waals surface area contributed by atoms with Crippen molar-refractivity contribution in [2.45, 2.75) is 20.8 Å². The van der Waals surface area contributed by atoms with E-state index in [9.17, 15) is 0 Å². The van der Waals surface area contributed by atoms with Crippen LogP contribution in [-0.4, -0.2) is 32.2 Å². The summed E-state index contributed by atoms with van der Waals surface area (Å²) in [7, 11) is 1.68. The topological polar surface area (TPSA) is 92.6 Å². The number of hydrogen-bond donors (Lipinski definition) is 2. The molecule has 0 amide bonds. The Morgan fingerprint density at radius 3 is 2.35 bits per heavy atom. The van der Waals surface area contributed by atoms with Crippen LogP contribution < -0.4 is 4.74 Å². The van der Waals surface area contributed by atoms with Crippen molar-refractivity contribution in [3.63, 3.8) is 0 Å². The SMILES string of the molecule is COc1c(-c2c(C)noc2C)cc2[nH]c3nc(C)nc4[nH]c5cc(Cl)ccc5c1c2c43. The molecule has 0 unspecified atom stereocenters. The van der Waals surface area contributed by atoms with E-state index < -0.39 is 0 Å². The number of hydrogen-bond acceptors (Lipinski definition) is 5. The number of halogens is 1. The number of fused-ring (bicyclic) bond motifs is 2. The van der Waals surface area contributed by atoms with E-state index in [0.717, 1.165) is 72.2 Å². The van der Waals surface area contributed by atoms with Gasteiger partial charge in [0.2, 0.25) is 0 Å². The van der Waals surface area contributed by atoms with Gasteiger partial charge in [0.25, 0.3) is 0 Å². The molecule has 0 atom stereocenters. The Morgan fingerprint density at radius 2 is 1.68 bits per heavy atom. The standard InChI is InChI=1S/C23H18ClN5O2/c1-9-17(10(2)31-29-9)14-8-16-19-18(21(14)30-4)13-6-5-12(24)7-15(13)27-22-20(19)23(28-16)26-11(3)25-22/h5-8H,1-4H3,(H2,25,26,27,28). The monoisotopic (exact) mass is 431 g/mol. The van der Waals surface area contributed by atoms with Crippen molar-refractivity contribution in [1.29, 1.82) is 0 Å². The normalized spacial score (nSPS) is 12.0. The van der Waals surface area contributed by atoms with Crippen LogP contribution in [-0.2, 0) is 0 Å². The van der Waals surface area contributed by atoms with E-state index in [1.165, 1.54) is 0 Å². The Labute approximate surface area is 181 Å². The van der Waals surface area contributed by atoms with Crippen molar-refractivity contribution in [3.05, 3.63) is 46.6 Å². The summed E-state index contributed by atoms with van der Waals surface area (Å²) >= 11 is 6.35. The van der Waals surface area contributed by atoms with Gasteiger partial charge in [-0.2, -0.15) is 0 Å². The summed E-state index contributed by atoms with van der Waals surface area (Å²) in [4.78, 5) is 16.3. The van der Waals surface area contributed by atoms with Crippen LogP contribution in [0, 0.1) is 20.8 Å². The molecule has 0 saturated heterocycles. The molecule has 31 heavy (non-hydrogen) atoms. The van der Waals surface area contributed by atoms with Gasteiger partial charge >= 0.3 is 0 Å². The number of methoxy groups -OCH3 is 1. The van der Waals surface area contributed by atoms with Crippen LogP contribution in [0.1, 0.15) is 17.3 Å². The number of aromatic amines is 2. The quantitative estimate of drug-likeness (QED) is 0.351. The molecule has 0 spiro atoms. The van der Waals surface area contributed by atoms with E-state index in [4.69, 9.17) is 20.9 Å². The third-order valence-corrected chi connectivity index (χ3v) is 6.05. The first-order valence-electron chi connectivity index (χ1n) is 9.87. The highest BCUT2D eigenvalue weighted by Crippen LogP contribution is 2.46. The first-order valence-corrected chi connectivity index (χ1v) is 10.2. The molecular formula is C23H18ClN5O2. The zero-order valence-electron chi connectivity index (χ0n) is 17.3. The fraction of sp³-hybridized carbons (Fsp3) is 0.174. The maximum absolute atomic E-state index is 6.35. The van der Waals surface area contributed by atoms with E-state index in [1.54, 1.807) is 7.11 Å². The molecule has 4 aromatic heterocycles. The molecule has 7 nitrogen and oxygen atoms in total. The van der Waals surface area contributed by atoms with Gasteiger partial charge in [0.1, 0.15) is 28.6 Å². The molecule has 0 aliphatic rings. The minimum atomic E-state index is 0.638. The molecular weight excluding hydrogens is 414 g/mol. The summed E-state index contributed by atoms with van der Waals surface area (Å²) in [5.74, 6) is 2.14. The average molecular weight is 432 g/mol. The summed E-state index contributed by atoms with van der Waals surface area (Å²) in [5, 5.41) is 8.64. The molecule has 0 fully saturated rings. The predicted octanol–water partition coefficient (Wildman–Crippen LogP) is 5.99. The minimum Gasteiger partial charge on any atom is -0.495 e. The van der Waals surface area contributed by atoms with Gasteiger partial charge in [-0.3, -0.25) is 0 Å². The van der Waals surface area contributed by atoms with Crippen molar-refractivity contribution >= 4 is 55.5 Å². The fourth-order valence-corrected chi connectivity index (χ4v) is 4.80. The van der Waals surface area contributed by atoms with E-state index in [2.05, 4.69) is 31.2 Å². The Kier molecular flexibility index (Phi) is 3.65. The first-order chi connectivity index (χ1) is 15.0. The van der Waals surface area contributed by atoms with Crippen molar-refractivity contribution < 1.29 is 9.26 Å². The molecule has 6 rings (SSSR count). The number of ether oxygens (including phenoxy) is 1. The average Bonchev–Trinajstić information content (AvgIpc) is 3.20. The molecule has 6 aromatic rings. The van der Waals surface area contributed by atoms with Gasteiger partial charge in [-0.25, -0.2) is 9.97 Å². The molecule has 0 aliphatic heterocycles. The lowest BCUT2D eigenvalue weighted by Crippen LogP contribution is -1.92. The van der Waals surface area contributed by atoms with Gasteiger partial charge in [0.15, 0.2) is 0 Å². The van der Waals surface area contributed by atoms with Gasteiger partial charge < -0.3 is 19.2 Å². The highest BCUT2D eigenvalue weighted by atomic mass is 35.5. The number of nitrogens with zero attached hydrogens (tertiary/aromatic N) is 3. The van der Waals surface area contributed by atoms with Crippen LogP contribution in [0.4, 0.5) is 0 Å². The highest BCUT2D eigenvalue weighted by molar-refractivity contribution is 6.32. The minimum absolute atomic E-state index is 0.638. The second kappa shape index (κ2) is 6.21. The summed E-state index contributed by atoms with van der Waals surface area (Å²) in [6.07, 6.45) is 0. The summed E-state index contributed by atoms with van der Waals surface area (Å²) in [5.41, 5.74) is 5.93. The van der Waals surface area contributed by atoms with Crippen molar-refractivity contribution in [2.24, 2.45) is 0 Å². The number of rotatable bonds is 2. The lowest BCUT2D eigenvalue weighted by Gasteiger charge is -2.12. The molecule has 4 heterocycles. The Morgan fingerprint density at radius 1 is 0.935 bits per heavy atom. The van der Waals surface area contributed by atoms with Crippen molar-refractivity contribution in [1.82, 2.24) is 25.1 Å². The molecule has 154 valence electrons. The Bertz CT molecular complexity index is 1660. The smallest absolute Gasteiger partial charge is 0.144 e. The Hall–Kier alpha value is -3.58. The maximum Gasteiger partial charge on any atom is 0.144 e. The van der Waals surface area contributed by atoms with Gasteiger partial charge in [-0.15, -0.1) is 0 Å². The lowest BCUT2D eigenvalue weighted by atomic mass is 9.96. The number of H-pyrrole nitrogens is 2. The number of aromatic nitrogens is 5. The molecule has 0 saturated carbocycles. The third kappa shape index (κ3) is 2.44. The van der Waals surface area contributed by atoms with E-state index in [-0.39, 0.29) is 0 Å². The van der Waals surface area contributed by atoms with E-state index in [1.807, 2.05) is 39.0 Å². The van der Waals surface area contributed by atoms with Crippen molar-refractivity contribution in [3.8, 4) is 16.9 Å². The van der Waals surface area contributed by atoms with E-state index >= 15 is 0 Å². The van der Waals surface area contributed by atoms with E-state index in [0.29, 0.717) is 10.8 Å². The largest absolute Gasteiger partial charge is 0.495 e. The second-order valence-electron chi connectivity index (χ2n) is 7.74. The van der Waals surface area contributed by atoms with Gasteiger partial charge in [0.05, 0.1) is 23.8 Å². The van der Waals surface area contributed by atoms with Crippen LogP contribution in [0.3, 0.4) is 0 Å². The second-order valence-corrected chi connectivity index (χ2v) is 8.17. The summed E-state index contributed by atoms with van der Waals surface area (Å²) in [6, 6.07) is 7.87. The zero-order chi connectivity index (χ0) is 21.4. The van der Waals surface area contributed by atoms with Crippen molar-refractivity contribution in [2.75, 3.05) is 7.11 Å². The summed E-state index contributed by atoms with van der Waals surface area (Å²) in [6.45, 7) is 5.72. The zero-order valence-corrected chi connectivity index (χ0v) is 18.1. The number of benzene rings is 2. The number of aryl methyl sites for hydroxylation is 3. The molecule has 2 N–H and O–H groups in total. The molecule has 0 radical (unpaired) electrons. The van der Waals surface area contributed by atoms with Crippen LogP contribution in [0.25, 0.3) is 55.0 Å². The molecule has 0 aliphatic carbocycles. The van der Waals surface area contributed by atoms with Crippen LogP contribution in [0.2, 0.25) is 5.02 Å². The van der Waals surface area contributed by atoms with Gasteiger partial charge in [-0.05, 0) is 39.0 Å². The predicted molar refractivity (Wildman–Crippen MR) is 122 cm³/mol. The van der Waals surface area contributed by atoms with Gasteiger partial charge in [-0.1, -0.05) is 22.8 Å². The third-order valence-electron chi connectivity index (χ3n) is 5.81. The van der Waals surface area contributed by atoms with Crippen LogP contribution in [0.5, 0.6) is 5.75 Å². The maximum atomic E-state index is 6.35. The van der Waals surface area contributed by atoms with Crippen LogP contribution >= 0.6 is 11.6 Å². The van der Waals surface area contributed by atoms with Crippen LogP contribution in [0.15, 0.2) is 28.8 Å². The summed E-state index contributed by atoms with van der Waals surface area (Å²) < 4.78 is 11.5. The fourth-order valence-electron chi connectivity index (χ4n) is 4.63. The molecule has 0 bridgehead atoms. The Balaban J connectivity index is 1.98. The lowest BCUT2D eigenvalue weighted by molar-refractivity contribution is 0.393. The first kappa shape index (κ1) is 18.2. The van der Waals surface area contributed by atoms with Gasteiger partial charge in [0, 0.05) is 37.8 Å². The number of nitrogens with one attached hydrogen (secondary N) is 2. The molecule has 8 heteroatoms. The molecule has 2 aromatic carbocycles.